The lowest BCUT2D eigenvalue weighted by Crippen LogP contribution is -2.06. The first-order chi connectivity index (χ1) is 18.2. The number of carbonyl (C=O) groups is 1. The fourth-order valence-electron chi connectivity index (χ4n) is 3.43. The van der Waals surface area contributed by atoms with Crippen LogP contribution in [0.2, 0.25) is 0 Å². The number of halogens is 3. The second-order valence-electron chi connectivity index (χ2n) is 8.07. The van der Waals surface area contributed by atoms with Gasteiger partial charge < -0.3 is 14.8 Å². The molecule has 4 aromatic carbocycles. The topological polar surface area (TPSA) is 105 Å². The maximum Gasteiger partial charge on any atom is 0.416 e. The van der Waals surface area contributed by atoms with E-state index in [1.165, 1.54) is 25.1 Å². The van der Waals surface area contributed by atoms with Crippen molar-refractivity contribution < 1.29 is 32.7 Å². The van der Waals surface area contributed by atoms with Crippen molar-refractivity contribution >= 4 is 40.0 Å². The second kappa shape index (κ2) is 11.4. The molecule has 0 heterocycles. The molecule has 0 aliphatic rings. The molecule has 0 saturated heterocycles. The highest BCUT2D eigenvalue weighted by atomic mass is 19.4. The highest BCUT2D eigenvalue weighted by Crippen LogP contribution is 2.36. The molecule has 0 aromatic heterocycles. The Bertz CT molecular complexity index is 1500. The van der Waals surface area contributed by atoms with Crippen LogP contribution in [-0.4, -0.2) is 17.3 Å². The van der Waals surface area contributed by atoms with Crippen LogP contribution in [0.1, 0.15) is 28.4 Å². The Labute approximate surface area is 215 Å². The van der Waals surface area contributed by atoms with E-state index < -0.39 is 11.7 Å². The minimum absolute atomic E-state index is 0.0411. The SMILES string of the molecule is CC(=O)c1ccc(N=Nc2c(O)ccc3cc(CON=CONc4cccc(C(F)(F)F)c4)ccc23)cc1. The molecule has 0 aliphatic carbocycles. The molecule has 0 atom stereocenters. The fourth-order valence-corrected chi connectivity index (χ4v) is 3.43. The van der Waals surface area contributed by atoms with E-state index in [4.69, 9.17) is 9.68 Å². The molecule has 0 spiro atoms. The summed E-state index contributed by atoms with van der Waals surface area (Å²) in [4.78, 5) is 21.5. The van der Waals surface area contributed by atoms with Gasteiger partial charge in [0.1, 0.15) is 18.0 Å². The first kappa shape index (κ1) is 26.1. The average Bonchev–Trinajstić information content (AvgIpc) is 2.90. The summed E-state index contributed by atoms with van der Waals surface area (Å²) in [7, 11) is 0. The molecule has 0 aliphatic heterocycles. The number of ketones is 1. The van der Waals surface area contributed by atoms with E-state index in [0.717, 1.165) is 29.5 Å². The summed E-state index contributed by atoms with van der Waals surface area (Å²) in [6, 6.07) is 19.7. The van der Waals surface area contributed by atoms with Gasteiger partial charge in [-0.05, 0) is 72.5 Å². The van der Waals surface area contributed by atoms with Crippen molar-refractivity contribution in [1.29, 1.82) is 0 Å². The average molecular weight is 522 g/mol. The number of carbonyl (C=O) groups excluding carboxylic acids is 1. The Morgan fingerprint density at radius 2 is 1.79 bits per heavy atom. The van der Waals surface area contributed by atoms with Gasteiger partial charge in [-0.1, -0.05) is 29.4 Å². The molecule has 4 rings (SSSR count). The molecular formula is C27H21F3N4O4. The lowest BCUT2D eigenvalue weighted by Gasteiger charge is -2.09. The first-order valence-electron chi connectivity index (χ1n) is 11.2. The number of hydrogen-bond acceptors (Lipinski definition) is 8. The standard InChI is InChI=1S/C27H21F3N4O4/c1-17(35)19-6-9-22(10-7-19)32-33-26-24-11-5-18(13-20(24)8-12-25(26)36)15-37-31-16-38-34-23-4-2-3-21(14-23)27(28,29)30/h2-14,16,34,36H,15H2,1H3. The van der Waals surface area contributed by atoms with Gasteiger partial charge >= 0.3 is 6.18 Å². The van der Waals surface area contributed by atoms with E-state index in [9.17, 15) is 23.1 Å². The Balaban J connectivity index is 1.36. The van der Waals surface area contributed by atoms with Crippen LogP contribution in [0.5, 0.6) is 5.75 Å². The second-order valence-corrected chi connectivity index (χ2v) is 8.07. The summed E-state index contributed by atoms with van der Waals surface area (Å²) in [6.45, 7) is 1.56. The zero-order valence-corrected chi connectivity index (χ0v) is 19.9. The summed E-state index contributed by atoms with van der Waals surface area (Å²) in [6.07, 6.45) is -3.54. The Morgan fingerprint density at radius 3 is 2.53 bits per heavy atom. The number of nitrogens with one attached hydrogen (secondary N) is 1. The van der Waals surface area contributed by atoms with Gasteiger partial charge in [0.2, 0.25) is 6.40 Å². The van der Waals surface area contributed by atoms with Crippen LogP contribution in [0.4, 0.5) is 30.2 Å². The number of nitrogens with zero attached hydrogens (tertiary/aromatic N) is 3. The number of fused-ring (bicyclic) bond motifs is 1. The number of alkyl halides is 3. The molecule has 38 heavy (non-hydrogen) atoms. The van der Waals surface area contributed by atoms with Crippen LogP contribution in [0.25, 0.3) is 10.8 Å². The predicted octanol–water partition coefficient (Wildman–Crippen LogP) is 7.69. The number of oxime groups is 1. The molecule has 0 unspecified atom stereocenters. The maximum atomic E-state index is 12.8. The number of hydrogen-bond donors (Lipinski definition) is 2. The van der Waals surface area contributed by atoms with Crippen LogP contribution in [0, 0.1) is 0 Å². The number of rotatable bonds is 9. The maximum absolute atomic E-state index is 12.8. The quantitative estimate of drug-likeness (QED) is 0.0771. The molecule has 4 aromatic rings. The van der Waals surface area contributed by atoms with E-state index >= 15 is 0 Å². The summed E-state index contributed by atoms with van der Waals surface area (Å²) < 4.78 is 38.3. The van der Waals surface area contributed by atoms with Crippen molar-refractivity contribution in [2.45, 2.75) is 19.7 Å². The third-order valence-corrected chi connectivity index (χ3v) is 5.34. The molecule has 0 bridgehead atoms. The zero-order chi connectivity index (χ0) is 27.1. The smallest absolute Gasteiger partial charge is 0.416 e. The molecule has 8 nitrogen and oxygen atoms in total. The largest absolute Gasteiger partial charge is 0.506 e. The molecule has 0 radical (unpaired) electrons. The van der Waals surface area contributed by atoms with Gasteiger partial charge in [-0.3, -0.25) is 4.79 Å². The van der Waals surface area contributed by atoms with Gasteiger partial charge in [-0.2, -0.15) is 18.3 Å². The van der Waals surface area contributed by atoms with Gasteiger partial charge in [0.25, 0.3) is 0 Å². The van der Waals surface area contributed by atoms with E-state index in [1.807, 2.05) is 6.07 Å². The van der Waals surface area contributed by atoms with Gasteiger partial charge in [0.15, 0.2) is 5.78 Å². The monoisotopic (exact) mass is 522 g/mol. The van der Waals surface area contributed by atoms with Crippen molar-refractivity contribution in [1.82, 2.24) is 0 Å². The van der Waals surface area contributed by atoms with Gasteiger partial charge in [-0.15, -0.1) is 5.11 Å². The summed E-state index contributed by atoms with van der Waals surface area (Å²) in [5.41, 5.74) is 3.77. The Hall–Kier alpha value is -4.93. The van der Waals surface area contributed by atoms with Crippen molar-refractivity contribution in [2.24, 2.45) is 15.4 Å². The number of anilines is 1. The van der Waals surface area contributed by atoms with Crippen molar-refractivity contribution in [3.63, 3.8) is 0 Å². The Morgan fingerprint density at radius 1 is 1.00 bits per heavy atom. The normalized spacial score (nSPS) is 11.8. The summed E-state index contributed by atoms with van der Waals surface area (Å²) in [5, 5.41) is 23.7. The van der Waals surface area contributed by atoms with Crippen molar-refractivity contribution in [3.05, 3.63) is 95.6 Å². The van der Waals surface area contributed by atoms with E-state index in [2.05, 4.69) is 20.9 Å². The summed E-state index contributed by atoms with van der Waals surface area (Å²) >= 11 is 0. The molecule has 0 saturated carbocycles. The lowest BCUT2D eigenvalue weighted by atomic mass is 10.1. The number of phenolic OH excluding ortho intramolecular Hbond substituents is 1. The third-order valence-electron chi connectivity index (χ3n) is 5.34. The van der Waals surface area contributed by atoms with Crippen LogP contribution in [0.3, 0.4) is 0 Å². The predicted molar refractivity (Wildman–Crippen MR) is 136 cm³/mol. The minimum Gasteiger partial charge on any atom is -0.506 e. The summed E-state index contributed by atoms with van der Waals surface area (Å²) in [5.74, 6) is -0.0920. The fraction of sp³-hybridized carbons (Fsp3) is 0.111. The minimum atomic E-state index is -4.46. The third kappa shape index (κ3) is 6.64. The number of benzene rings is 4. The number of azo groups is 1. The van der Waals surface area contributed by atoms with E-state index in [0.29, 0.717) is 16.6 Å². The molecule has 0 fully saturated rings. The highest BCUT2D eigenvalue weighted by Gasteiger charge is 2.30. The lowest BCUT2D eigenvalue weighted by molar-refractivity contribution is -0.137. The molecule has 194 valence electrons. The first-order valence-corrected chi connectivity index (χ1v) is 11.2. The van der Waals surface area contributed by atoms with Gasteiger partial charge in [0, 0.05) is 10.9 Å². The van der Waals surface area contributed by atoms with Crippen LogP contribution < -0.4 is 5.48 Å². The molecule has 11 heteroatoms. The van der Waals surface area contributed by atoms with Crippen LogP contribution in [-0.2, 0) is 22.5 Å². The van der Waals surface area contributed by atoms with Gasteiger partial charge in [0.05, 0.1) is 16.9 Å². The van der Waals surface area contributed by atoms with Crippen molar-refractivity contribution in [3.8, 4) is 5.75 Å². The van der Waals surface area contributed by atoms with E-state index in [1.54, 1.807) is 42.5 Å². The number of phenols is 1. The van der Waals surface area contributed by atoms with E-state index in [-0.39, 0.29) is 29.5 Å². The zero-order valence-electron chi connectivity index (χ0n) is 19.9. The molecular weight excluding hydrogens is 501 g/mol. The molecule has 0 amide bonds. The number of aromatic hydroxyl groups is 1. The number of Topliss-reactive ketones (excluding diaryl/α,β-unsaturated/α-hetero) is 1. The van der Waals surface area contributed by atoms with Crippen LogP contribution >= 0.6 is 0 Å². The van der Waals surface area contributed by atoms with Crippen LogP contribution in [0.15, 0.2) is 94.2 Å². The van der Waals surface area contributed by atoms with Gasteiger partial charge in [-0.25, -0.2) is 5.48 Å². The Kier molecular flexibility index (Phi) is 7.86. The van der Waals surface area contributed by atoms with Crippen molar-refractivity contribution in [2.75, 3.05) is 5.48 Å². The molecule has 2 N–H and O–H groups in total. The highest BCUT2D eigenvalue weighted by molar-refractivity contribution is 5.96.